The van der Waals surface area contributed by atoms with Gasteiger partial charge in [0.1, 0.15) is 0 Å². The second-order valence-corrected chi connectivity index (χ2v) is 7.33. The molecular weight excluding hydrogens is 326 g/mol. The van der Waals surface area contributed by atoms with Crippen molar-refractivity contribution in [2.45, 2.75) is 25.9 Å². The van der Waals surface area contributed by atoms with E-state index in [9.17, 15) is 10.1 Å². The smallest absolute Gasteiger partial charge is 0.269 e. The Balaban J connectivity index is 1.41. The fourth-order valence-corrected chi connectivity index (χ4v) is 3.71. The number of hydrogen-bond donors (Lipinski definition) is 0. The van der Waals surface area contributed by atoms with Crippen LogP contribution in [0.3, 0.4) is 0 Å². The predicted molar refractivity (Wildman–Crippen MR) is 104 cm³/mol. The van der Waals surface area contributed by atoms with Crippen molar-refractivity contribution in [1.82, 2.24) is 9.80 Å². The Morgan fingerprint density at radius 3 is 2.31 bits per heavy atom. The zero-order valence-electron chi connectivity index (χ0n) is 15.4. The number of nitro groups is 1. The Morgan fingerprint density at radius 2 is 1.69 bits per heavy atom. The van der Waals surface area contributed by atoms with Gasteiger partial charge in [-0.3, -0.25) is 15.0 Å². The molecule has 1 saturated heterocycles. The highest BCUT2D eigenvalue weighted by Gasteiger charge is 2.20. The maximum atomic E-state index is 10.7. The average Bonchev–Trinajstić information content (AvgIpc) is 2.64. The van der Waals surface area contributed by atoms with Crippen LogP contribution >= 0.6 is 0 Å². The minimum atomic E-state index is -0.346. The van der Waals surface area contributed by atoms with E-state index in [1.165, 1.54) is 18.4 Å². The molecule has 26 heavy (non-hydrogen) atoms. The van der Waals surface area contributed by atoms with Crippen LogP contribution in [0, 0.1) is 16.0 Å². The van der Waals surface area contributed by atoms with E-state index in [0.717, 1.165) is 44.2 Å². The van der Waals surface area contributed by atoms with Gasteiger partial charge in [-0.15, -0.1) is 0 Å². The van der Waals surface area contributed by atoms with Gasteiger partial charge >= 0.3 is 0 Å². The lowest BCUT2D eigenvalue weighted by Gasteiger charge is -2.34. The van der Waals surface area contributed by atoms with Gasteiger partial charge in [-0.25, -0.2) is 0 Å². The summed E-state index contributed by atoms with van der Waals surface area (Å²) in [5.74, 6) is 0.747. The fourth-order valence-electron chi connectivity index (χ4n) is 3.71. The first kappa shape index (κ1) is 18.5. The number of likely N-dealkylation sites (tertiary alicyclic amines) is 1. The molecule has 2 aromatic rings. The molecule has 1 fully saturated rings. The Morgan fingerprint density at radius 1 is 1.04 bits per heavy atom. The summed E-state index contributed by atoms with van der Waals surface area (Å²) in [4.78, 5) is 15.3. The van der Waals surface area contributed by atoms with Gasteiger partial charge in [0, 0.05) is 31.8 Å². The number of hydrogen-bond acceptors (Lipinski definition) is 4. The standard InChI is InChI=1S/C21H27N3O2/c1-22(15-18-5-3-2-4-6-18)16-20-11-13-23(14-12-20)17-19-7-9-21(10-8-19)24(25)26/h2-10,20H,11-17H2,1H3. The molecule has 1 aliphatic rings. The summed E-state index contributed by atoms with van der Waals surface area (Å²) in [7, 11) is 2.20. The monoisotopic (exact) mass is 353 g/mol. The average molecular weight is 353 g/mol. The second-order valence-electron chi connectivity index (χ2n) is 7.33. The summed E-state index contributed by atoms with van der Waals surface area (Å²) in [6.45, 7) is 5.22. The second kappa shape index (κ2) is 8.92. The largest absolute Gasteiger partial charge is 0.302 e. The van der Waals surface area contributed by atoms with Gasteiger partial charge in [-0.1, -0.05) is 42.5 Å². The van der Waals surface area contributed by atoms with E-state index in [0.29, 0.717) is 0 Å². The third-order valence-electron chi connectivity index (χ3n) is 5.13. The van der Waals surface area contributed by atoms with E-state index in [2.05, 4.69) is 47.2 Å². The van der Waals surface area contributed by atoms with E-state index < -0.39 is 0 Å². The molecule has 1 heterocycles. The molecule has 0 bridgehead atoms. The number of rotatable bonds is 7. The lowest BCUT2D eigenvalue weighted by Crippen LogP contribution is -2.37. The third kappa shape index (κ3) is 5.38. The van der Waals surface area contributed by atoms with E-state index in [1.54, 1.807) is 12.1 Å². The molecule has 0 atom stereocenters. The zero-order chi connectivity index (χ0) is 18.4. The fraction of sp³-hybridized carbons (Fsp3) is 0.429. The summed E-state index contributed by atoms with van der Waals surface area (Å²) in [6.07, 6.45) is 2.43. The van der Waals surface area contributed by atoms with E-state index in [1.807, 2.05) is 12.1 Å². The maximum Gasteiger partial charge on any atom is 0.269 e. The van der Waals surface area contributed by atoms with Crippen molar-refractivity contribution in [3.63, 3.8) is 0 Å². The molecule has 5 nitrogen and oxygen atoms in total. The van der Waals surface area contributed by atoms with Gasteiger partial charge in [-0.2, -0.15) is 0 Å². The molecule has 0 radical (unpaired) electrons. The van der Waals surface area contributed by atoms with Gasteiger partial charge in [0.2, 0.25) is 0 Å². The molecule has 0 unspecified atom stereocenters. The minimum absolute atomic E-state index is 0.161. The molecule has 0 spiro atoms. The SMILES string of the molecule is CN(Cc1ccccc1)CC1CCN(Cc2ccc([N+](=O)[O-])cc2)CC1. The lowest BCUT2D eigenvalue weighted by atomic mass is 9.95. The first-order valence-corrected chi connectivity index (χ1v) is 9.28. The number of nitrogens with zero attached hydrogens (tertiary/aromatic N) is 3. The molecule has 1 aliphatic heterocycles. The van der Waals surface area contributed by atoms with Crippen molar-refractivity contribution in [3.8, 4) is 0 Å². The molecule has 138 valence electrons. The normalized spacial score (nSPS) is 16.1. The van der Waals surface area contributed by atoms with Crippen LogP contribution in [0.4, 0.5) is 5.69 Å². The summed E-state index contributed by atoms with van der Waals surface area (Å²) in [6, 6.07) is 17.6. The van der Waals surface area contributed by atoms with Crippen molar-refractivity contribution >= 4 is 5.69 Å². The first-order valence-electron chi connectivity index (χ1n) is 9.28. The van der Waals surface area contributed by atoms with Crippen LogP contribution in [-0.4, -0.2) is 41.4 Å². The highest BCUT2D eigenvalue weighted by Crippen LogP contribution is 2.21. The van der Waals surface area contributed by atoms with E-state index in [-0.39, 0.29) is 10.6 Å². The minimum Gasteiger partial charge on any atom is -0.302 e. The number of non-ortho nitro benzene ring substituents is 1. The topological polar surface area (TPSA) is 49.6 Å². The first-order chi connectivity index (χ1) is 12.6. The van der Waals surface area contributed by atoms with Gasteiger partial charge in [-0.05, 0) is 50.0 Å². The summed E-state index contributed by atoms with van der Waals surface area (Å²) in [5.41, 5.74) is 2.68. The number of nitro benzene ring substituents is 1. The van der Waals surface area contributed by atoms with Gasteiger partial charge in [0.05, 0.1) is 4.92 Å². The summed E-state index contributed by atoms with van der Waals surface area (Å²) >= 11 is 0. The Bertz CT molecular complexity index is 695. The van der Waals surface area contributed by atoms with Crippen LogP contribution in [-0.2, 0) is 13.1 Å². The van der Waals surface area contributed by atoms with Crippen molar-refractivity contribution < 1.29 is 4.92 Å². The molecule has 0 amide bonds. The van der Waals surface area contributed by atoms with Crippen LogP contribution in [0.5, 0.6) is 0 Å². The van der Waals surface area contributed by atoms with E-state index >= 15 is 0 Å². The highest BCUT2D eigenvalue weighted by atomic mass is 16.6. The molecule has 3 rings (SSSR count). The number of piperidine rings is 1. The van der Waals surface area contributed by atoms with Gasteiger partial charge in [0.15, 0.2) is 0 Å². The number of benzene rings is 2. The van der Waals surface area contributed by atoms with Crippen LogP contribution in [0.1, 0.15) is 24.0 Å². The van der Waals surface area contributed by atoms with Crippen LogP contribution in [0.25, 0.3) is 0 Å². The molecule has 0 aromatic heterocycles. The molecule has 0 saturated carbocycles. The molecular formula is C21H27N3O2. The lowest BCUT2D eigenvalue weighted by molar-refractivity contribution is -0.384. The van der Waals surface area contributed by atoms with Crippen molar-refractivity contribution in [2.75, 3.05) is 26.7 Å². The summed E-state index contributed by atoms with van der Waals surface area (Å²) < 4.78 is 0. The Labute approximate surface area is 155 Å². The summed E-state index contributed by atoms with van der Waals surface area (Å²) in [5, 5.41) is 10.7. The Kier molecular flexibility index (Phi) is 6.36. The highest BCUT2D eigenvalue weighted by molar-refractivity contribution is 5.32. The van der Waals surface area contributed by atoms with Crippen LogP contribution < -0.4 is 0 Å². The van der Waals surface area contributed by atoms with Gasteiger partial charge < -0.3 is 4.90 Å². The van der Waals surface area contributed by atoms with Crippen molar-refractivity contribution in [3.05, 3.63) is 75.8 Å². The maximum absolute atomic E-state index is 10.7. The molecule has 0 N–H and O–H groups in total. The molecule has 2 aromatic carbocycles. The van der Waals surface area contributed by atoms with Gasteiger partial charge in [0.25, 0.3) is 5.69 Å². The quantitative estimate of drug-likeness (QED) is 0.559. The Hall–Kier alpha value is -2.24. The molecule has 0 aliphatic carbocycles. The predicted octanol–water partition coefficient (Wildman–Crippen LogP) is 3.94. The van der Waals surface area contributed by atoms with Crippen LogP contribution in [0.2, 0.25) is 0 Å². The zero-order valence-corrected chi connectivity index (χ0v) is 15.4. The van der Waals surface area contributed by atoms with Crippen LogP contribution in [0.15, 0.2) is 54.6 Å². The third-order valence-corrected chi connectivity index (χ3v) is 5.13. The van der Waals surface area contributed by atoms with Crippen molar-refractivity contribution in [1.29, 1.82) is 0 Å². The molecule has 5 heteroatoms. The van der Waals surface area contributed by atoms with Crippen molar-refractivity contribution in [2.24, 2.45) is 5.92 Å². The van der Waals surface area contributed by atoms with E-state index in [4.69, 9.17) is 0 Å².